The lowest BCUT2D eigenvalue weighted by Gasteiger charge is -2.12. The molecule has 3 rings (SSSR count). The number of nitrogens with zero attached hydrogens (tertiary/aromatic N) is 2. The van der Waals surface area contributed by atoms with Gasteiger partial charge in [0.05, 0.1) is 11.2 Å². The number of fused-ring (bicyclic) bond motifs is 1. The van der Waals surface area contributed by atoms with Crippen LogP contribution in [0.2, 0.25) is 0 Å². The topological polar surface area (TPSA) is 17.8 Å². The Morgan fingerprint density at radius 2 is 1.80 bits per heavy atom. The number of rotatable bonds is 1. The zero-order valence-corrected chi connectivity index (χ0v) is 11.4. The Morgan fingerprint density at radius 3 is 2.55 bits per heavy atom. The molecule has 5 heteroatoms. The van der Waals surface area contributed by atoms with Gasteiger partial charge in [0.15, 0.2) is 0 Å². The molecule has 100 valence electrons. The average Bonchev–Trinajstić information content (AvgIpc) is 2.40. The van der Waals surface area contributed by atoms with E-state index in [1.165, 1.54) is 24.3 Å². The number of hydrogen-bond donors (Lipinski definition) is 0. The van der Waals surface area contributed by atoms with Crippen molar-refractivity contribution in [2.24, 2.45) is 0 Å². The first kappa shape index (κ1) is 12.9. The summed E-state index contributed by atoms with van der Waals surface area (Å²) in [5.74, 6) is -0.108. The van der Waals surface area contributed by atoms with Crippen LogP contribution in [0, 0.1) is 23.2 Å². The van der Waals surface area contributed by atoms with Crippen LogP contribution in [0.25, 0.3) is 16.6 Å². The van der Waals surface area contributed by atoms with Gasteiger partial charge in [-0.15, -0.1) is 0 Å². The van der Waals surface area contributed by atoms with E-state index in [2.05, 4.69) is 4.98 Å². The average molecular weight is 288 g/mol. The second-order valence-electron chi connectivity index (χ2n) is 4.44. The molecule has 0 atom stereocenters. The lowest BCUT2D eigenvalue weighted by Crippen LogP contribution is -2.05. The van der Waals surface area contributed by atoms with E-state index in [0.717, 1.165) is 0 Å². The molecule has 0 aliphatic heterocycles. The molecule has 0 bridgehead atoms. The molecule has 0 aliphatic rings. The Hall–Kier alpha value is -2.14. The van der Waals surface area contributed by atoms with E-state index in [4.69, 9.17) is 12.2 Å². The van der Waals surface area contributed by atoms with Crippen LogP contribution in [0.3, 0.4) is 0 Å². The van der Waals surface area contributed by atoms with Crippen molar-refractivity contribution >= 4 is 23.1 Å². The molecular weight excluding hydrogens is 278 g/mol. The predicted molar refractivity (Wildman–Crippen MR) is 76.6 cm³/mol. The SMILES string of the molecule is Cc1nc2ccc(F)cc2c(=S)n1-c1cccc(F)c1. The molecule has 0 N–H and O–H groups in total. The minimum atomic E-state index is -0.375. The Kier molecular flexibility index (Phi) is 3.06. The van der Waals surface area contributed by atoms with E-state index in [-0.39, 0.29) is 11.6 Å². The van der Waals surface area contributed by atoms with Crippen molar-refractivity contribution in [3.8, 4) is 5.69 Å². The number of aromatic nitrogens is 2. The van der Waals surface area contributed by atoms with Crippen LogP contribution in [0.1, 0.15) is 5.82 Å². The fourth-order valence-electron chi connectivity index (χ4n) is 2.19. The van der Waals surface area contributed by atoms with Crippen LogP contribution in [-0.2, 0) is 0 Å². The molecule has 20 heavy (non-hydrogen) atoms. The molecule has 1 heterocycles. The summed E-state index contributed by atoms with van der Waals surface area (Å²) >= 11 is 5.40. The second kappa shape index (κ2) is 4.76. The minimum Gasteiger partial charge on any atom is -0.288 e. The maximum Gasteiger partial charge on any atom is 0.125 e. The van der Waals surface area contributed by atoms with Crippen LogP contribution >= 0.6 is 12.2 Å². The van der Waals surface area contributed by atoms with Gasteiger partial charge in [-0.05, 0) is 43.3 Å². The molecule has 3 aromatic rings. The van der Waals surface area contributed by atoms with Gasteiger partial charge in [-0.2, -0.15) is 0 Å². The van der Waals surface area contributed by atoms with Crippen molar-refractivity contribution < 1.29 is 8.78 Å². The Labute approximate surface area is 119 Å². The lowest BCUT2D eigenvalue weighted by atomic mass is 10.2. The van der Waals surface area contributed by atoms with Crippen molar-refractivity contribution in [1.29, 1.82) is 0 Å². The second-order valence-corrected chi connectivity index (χ2v) is 4.83. The fraction of sp³-hybridized carbons (Fsp3) is 0.0667. The summed E-state index contributed by atoms with van der Waals surface area (Å²) < 4.78 is 28.8. The molecule has 0 spiro atoms. The summed E-state index contributed by atoms with van der Waals surface area (Å²) in [4.78, 5) is 4.39. The highest BCUT2D eigenvalue weighted by Crippen LogP contribution is 2.20. The molecule has 0 saturated heterocycles. The summed E-state index contributed by atoms with van der Waals surface area (Å²) in [5.41, 5.74) is 1.20. The quantitative estimate of drug-likeness (QED) is 0.620. The molecule has 0 radical (unpaired) electrons. The number of halogens is 2. The maximum absolute atomic E-state index is 13.4. The standard InChI is InChI=1S/C15H10F2N2S/c1-9-18-14-6-5-11(17)8-13(14)15(20)19(9)12-4-2-3-10(16)7-12/h2-8H,1H3. The zero-order valence-electron chi connectivity index (χ0n) is 10.6. The van der Waals surface area contributed by atoms with E-state index in [0.29, 0.717) is 27.1 Å². The van der Waals surface area contributed by atoms with Gasteiger partial charge >= 0.3 is 0 Å². The first-order valence-corrected chi connectivity index (χ1v) is 6.42. The Morgan fingerprint density at radius 1 is 1.05 bits per heavy atom. The van der Waals surface area contributed by atoms with Crippen LogP contribution in [0.5, 0.6) is 0 Å². The third-order valence-electron chi connectivity index (χ3n) is 3.06. The van der Waals surface area contributed by atoms with Crippen LogP contribution in [0.15, 0.2) is 42.5 Å². The third-order valence-corrected chi connectivity index (χ3v) is 3.47. The Bertz CT molecular complexity index is 871. The normalized spacial score (nSPS) is 10.9. The molecule has 2 nitrogen and oxygen atoms in total. The van der Waals surface area contributed by atoms with E-state index in [9.17, 15) is 8.78 Å². The number of aryl methyl sites for hydroxylation is 1. The van der Waals surface area contributed by atoms with Crippen molar-refractivity contribution in [1.82, 2.24) is 9.55 Å². The van der Waals surface area contributed by atoms with Crippen molar-refractivity contribution in [3.05, 3.63) is 64.6 Å². The summed E-state index contributed by atoms with van der Waals surface area (Å²) in [5, 5.41) is 0.537. The van der Waals surface area contributed by atoms with Gasteiger partial charge < -0.3 is 0 Å². The van der Waals surface area contributed by atoms with Crippen molar-refractivity contribution in [2.45, 2.75) is 6.92 Å². The van der Waals surface area contributed by atoms with Gasteiger partial charge in [0.1, 0.15) is 22.1 Å². The fourth-order valence-corrected chi connectivity index (χ4v) is 2.59. The van der Waals surface area contributed by atoms with Crippen LogP contribution < -0.4 is 0 Å². The number of benzene rings is 2. The highest BCUT2D eigenvalue weighted by Gasteiger charge is 2.08. The van der Waals surface area contributed by atoms with Crippen LogP contribution in [0.4, 0.5) is 8.78 Å². The van der Waals surface area contributed by atoms with E-state index >= 15 is 0 Å². The predicted octanol–water partition coefficient (Wildman–Crippen LogP) is 4.34. The highest BCUT2D eigenvalue weighted by atomic mass is 32.1. The first-order valence-electron chi connectivity index (χ1n) is 6.01. The van der Waals surface area contributed by atoms with E-state index < -0.39 is 0 Å². The lowest BCUT2D eigenvalue weighted by molar-refractivity contribution is 0.625. The van der Waals surface area contributed by atoms with Gasteiger partial charge in [0, 0.05) is 5.39 Å². The molecular formula is C15H10F2N2S. The largest absolute Gasteiger partial charge is 0.288 e. The van der Waals surface area contributed by atoms with E-state index in [1.54, 1.807) is 29.7 Å². The Balaban J connectivity index is 2.39. The van der Waals surface area contributed by atoms with Crippen molar-refractivity contribution in [2.75, 3.05) is 0 Å². The first-order chi connectivity index (χ1) is 9.56. The monoisotopic (exact) mass is 288 g/mol. The molecule has 0 unspecified atom stereocenters. The van der Waals surface area contributed by atoms with Gasteiger partial charge in [-0.1, -0.05) is 18.3 Å². The maximum atomic E-state index is 13.4. The van der Waals surface area contributed by atoms with Gasteiger partial charge in [0.2, 0.25) is 0 Å². The molecule has 1 aromatic heterocycles. The molecule has 0 fully saturated rings. The number of hydrogen-bond acceptors (Lipinski definition) is 2. The summed E-state index contributed by atoms with van der Waals surface area (Å²) in [6, 6.07) is 10.3. The van der Waals surface area contributed by atoms with E-state index in [1.807, 2.05) is 0 Å². The smallest absolute Gasteiger partial charge is 0.125 e. The van der Waals surface area contributed by atoms with Gasteiger partial charge in [-0.3, -0.25) is 4.57 Å². The van der Waals surface area contributed by atoms with Crippen LogP contribution in [-0.4, -0.2) is 9.55 Å². The highest BCUT2D eigenvalue weighted by molar-refractivity contribution is 7.71. The van der Waals surface area contributed by atoms with Gasteiger partial charge in [-0.25, -0.2) is 13.8 Å². The molecule has 0 amide bonds. The zero-order chi connectivity index (χ0) is 14.3. The molecule has 2 aromatic carbocycles. The summed E-state index contributed by atoms with van der Waals surface area (Å²) in [7, 11) is 0. The third kappa shape index (κ3) is 2.10. The molecule has 0 saturated carbocycles. The van der Waals surface area contributed by atoms with Gasteiger partial charge in [0.25, 0.3) is 0 Å². The molecule has 0 aliphatic carbocycles. The minimum absolute atomic E-state index is 0.358. The summed E-state index contributed by atoms with van der Waals surface area (Å²) in [6.07, 6.45) is 0. The van der Waals surface area contributed by atoms with Crippen molar-refractivity contribution in [3.63, 3.8) is 0 Å². The summed E-state index contributed by atoms with van der Waals surface area (Å²) in [6.45, 7) is 1.78.